The molecule has 0 aliphatic carbocycles. The molecule has 9 heteroatoms. The van der Waals surface area contributed by atoms with Crippen LogP contribution in [-0.2, 0) is 21.9 Å². The molecule has 0 saturated carbocycles. The Kier molecular flexibility index (Phi) is 5.87. The number of carbonyl (C=O) groups is 1. The minimum atomic E-state index is -3.49. The molecule has 1 aliphatic heterocycles. The van der Waals surface area contributed by atoms with Crippen molar-refractivity contribution in [3.8, 4) is 0 Å². The van der Waals surface area contributed by atoms with E-state index < -0.39 is 10.0 Å². The van der Waals surface area contributed by atoms with Crippen LogP contribution in [0.1, 0.15) is 17.0 Å². The molecular weight excluding hydrogens is 378 g/mol. The number of nitrogens with one attached hydrogen (secondary N) is 1. The number of piperazine rings is 1. The van der Waals surface area contributed by atoms with Crippen LogP contribution in [-0.4, -0.2) is 66.0 Å². The van der Waals surface area contributed by atoms with E-state index >= 15 is 0 Å². The Morgan fingerprint density at radius 3 is 2.21 bits per heavy atom. The monoisotopic (exact) mass is 405 g/mol. The van der Waals surface area contributed by atoms with E-state index in [9.17, 15) is 13.2 Å². The van der Waals surface area contributed by atoms with E-state index in [1.54, 1.807) is 28.9 Å². The van der Waals surface area contributed by atoms with Crippen LogP contribution in [0.3, 0.4) is 0 Å². The van der Waals surface area contributed by atoms with Crippen LogP contribution in [0, 0.1) is 20.8 Å². The zero-order chi connectivity index (χ0) is 20.5. The van der Waals surface area contributed by atoms with E-state index in [0.717, 1.165) is 22.6 Å². The summed E-state index contributed by atoms with van der Waals surface area (Å²) in [5.41, 5.74) is 3.45. The second kappa shape index (κ2) is 8.02. The number of nitrogens with zero attached hydrogens (tertiary/aromatic N) is 4. The highest BCUT2D eigenvalue weighted by Gasteiger charge is 2.29. The van der Waals surface area contributed by atoms with Crippen molar-refractivity contribution >= 4 is 21.6 Å². The number of amides is 1. The van der Waals surface area contributed by atoms with E-state index in [1.807, 2.05) is 32.7 Å². The SMILES string of the molecule is Cc1ccc(S(=O)(=O)N2CCN(CC(=O)Nc3c(C)nn(C)c3C)CC2)cc1. The lowest BCUT2D eigenvalue weighted by Gasteiger charge is -2.33. The molecule has 28 heavy (non-hydrogen) atoms. The molecule has 1 aromatic heterocycles. The van der Waals surface area contributed by atoms with Gasteiger partial charge in [-0.3, -0.25) is 14.4 Å². The molecule has 2 aromatic rings. The molecule has 3 rings (SSSR count). The predicted molar refractivity (Wildman–Crippen MR) is 108 cm³/mol. The summed E-state index contributed by atoms with van der Waals surface area (Å²) in [6, 6.07) is 6.89. The molecule has 1 N–H and O–H groups in total. The molecule has 8 nitrogen and oxygen atoms in total. The second-order valence-electron chi connectivity index (χ2n) is 7.21. The van der Waals surface area contributed by atoms with Crippen molar-refractivity contribution in [2.24, 2.45) is 7.05 Å². The standard InChI is InChI=1S/C19H27N5O3S/c1-14-5-7-17(8-6-14)28(26,27)24-11-9-23(10-12-24)13-18(25)20-19-15(2)21-22(4)16(19)3/h5-8H,9-13H2,1-4H3,(H,20,25). The van der Waals surface area contributed by atoms with Crippen LogP contribution < -0.4 is 5.32 Å². The number of benzene rings is 1. The fraction of sp³-hybridized carbons (Fsp3) is 0.474. The molecule has 1 amide bonds. The van der Waals surface area contributed by atoms with Crippen molar-refractivity contribution in [2.75, 3.05) is 38.0 Å². The van der Waals surface area contributed by atoms with Gasteiger partial charge in [-0.2, -0.15) is 9.40 Å². The number of hydrogen-bond donors (Lipinski definition) is 1. The Balaban J connectivity index is 1.56. The maximum Gasteiger partial charge on any atom is 0.243 e. The number of hydrogen-bond acceptors (Lipinski definition) is 5. The average molecular weight is 406 g/mol. The Labute approximate surface area is 166 Å². The van der Waals surface area contributed by atoms with Gasteiger partial charge in [0.2, 0.25) is 15.9 Å². The maximum absolute atomic E-state index is 12.8. The molecule has 1 fully saturated rings. The Hall–Kier alpha value is -2.23. The lowest BCUT2D eigenvalue weighted by molar-refractivity contribution is -0.117. The number of anilines is 1. The Morgan fingerprint density at radius 1 is 1.07 bits per heavy atom. The van der Waals surface area contributed by atoms with Crippen LogP contribution >= 0.6 is 0 Å². The molecule has 2 heterocycles. The molecule has 0 radical (unpaired) electrons. The number of aryl methyl sites for hydroxylation is 3. The summed E-state index contributed by atoms with van der Waals surface area (Å²) in [5.74, 6) is -0.117. The van der Waals surface area contributed by atoms with E-state index in [-0.39, 0.29) is 12.5 Å². The Morgan fingerprint density at radius 2 is 1.68 bits per heavy atom. The van der Waals surface area contributed by atoms with E-state index in [1.165, 1.54) is 4.31 Å². The zero-order valence-electron chi connectivity index (χ0n) is 16.8. The number of aromatic nitrogens is 2. The maximum atomic E-state index is 12.8. The van der Waals surface area contributed by atoms with Crippen molar-refractivity contribution in [2.45, 2.75) is 25.7 Å². The first kappa shape index (κ1) is 20.5. The van der Waals surface area contributed by atoms with Crippen molar-refractivity contribution in [3.05, 3.63) is 41.2 Å². The van der Waals surface area contributed by atoms with Gasteiger partial charge in [0.1, 0.15) is 0 Å². The first-order valence-electron chi connectivity index (χ1n) is 9.27. The minimum absolute atomic E-state index is 0.117. The van der Waals surface area contributed by atoms with Crippen LogP contribution in [0.4, 0.5) is 5.69 Å². The first-order valence-corrected chi connectivity index (χ1v) is 10.7. The molecule has 152 valence electrons. The smallest absolute Gasteiger partial charge is 0.243 e. The van der Waals surface area contributed by atoms with Crippen LogP contribution in [0.2, 0.25) is 0 Å². The van der Waals surface area contributed by atoms with Gasteiger partial charge < -0.3 is 5.32 Å². The molecule has 0 unspecified atom stereocenters. The Bertz CT molecular complexity index is 958. The van der Waals surface area contributed by atoms with Gasteiger partial charge in [0.05, 0.1) is 28.5 Å². The summed E-state index contributed by atoms with van der Waals surface area (Å²) < 4.78 is 28.8. The van der Waals surface area contributed by atoms with Crippen molar-refractivity contribution in [3.63, 3.8) is 0 Å². The predicted octanol–water partition coefficient (Wildman–Crippen LogP) is 1.29. The van der Waals surface area contributed by atoms with Gasteiger partial charge in [0.15, 0.2) is 0 Å². The summed E-state index contributed by atoms with van der Waals surface area (Å²) in [6.45, 7) is 7.69. The molecule has 0 atom stereocenters. The quantitative estimate of drug-likeness (QED) is 0.810. The highest BCUT2D eigenvalue weighted by molar-refractivity contribution is 7.89. The van der Waals surface area contributed by atoms with Gasteiger partial charge in [-0.1, -0.05) is 17.7 Å². The first-order chi connectivity index (χ1) is 13.2. The molecular formula is C19H27N5O3S. The van der Waals surface area contributed by atoms with Gasteiger partial charge in [0.25, 0.3) is 0 Å². The highest BCUT2D eigenvalue weighted by atomic mass is 32.2. The lowest BCUT2D eigenvalue weighted by Crippen LogP contribution is -2.50. The fourth-order valence-corrected chi connectivity index (χ4v) is 4.75. The topological polar surface area (TPSA) is 87.5 Å². The summed E-state index contributed by atoms with van der Waals surface area (Å²) in [4.78, 5) is 14.7. The summed E-state index contributed by atoms with van der Waals surface area (Å²) in [5, 5.41) is 7.22. The van der Waals surface area contributed by atoms with Crippen LogP contribution in [0.25, 0.3) is 0 Å². The largest absolute Gasteiger partial charge is 0.322 e. The second-order valence-corrected chi connectivity index (χ2v) is 9.15. The normalized spacial score (nSPS) is 16.3. The number of carbonyl (C=O) groups excluding carboxylic acids is 1. The average Bonchev–Trinajstić information content (AvgIpc) is 2.88. The third-order valence-corrected chi connectivity index (χ3v) is 7.04. The molecule has 0 spiro atoms. The lowest BCUT2D eigenvalue weighted by atomic mass is 10.2. The summed E-state index contributed by atoms with van der Waals surface area (Å²) >= 11 is 0. The van der Waals surface area contributed by atoms with Crippen LogP contribution in [0.5, 0.6) is 0 Å². The van der Waals surface area contributed by atoms with E-state index in [2.05, 4.69) is 10.4 Å². The van der Waals surface area contributed by atoms with Crippen molar-refractivity contribution in [1.29, 1.82) is 0 Å². The van der Waals surface area contributed by atoms with Crippen molar-refractivity contribution < 1.29 is 13.2 Å². The molecule has 1 aliphatic rings. The number of sulfonamides is 1. The highest BCUT2D eigenvalue weighted by Crippen LogP contribution is 2.20. The van der Waals surface area contributed by atoms with Gasteiger partial charge >= 0.3 is 0 Å². The van der Waals surface area contributed by atoms with Gasteiger partial charge in [-0.05, 0) is 32.9 Å². The number of rotatable bonds is 5. The van der Waals surface area contributed by atoms with Crippen molar-refractivity contribution in [1.82, 2.24) is 19.0 Å². The van der Waals surface area contributed by atoms with Crippen LogP contribution in [0.15, 0.2) is 29.2 Å². The molecule has 1 aromatic carbocycles. The molecule has 1 saturated heterocycles. The summed E-state index contributed by atoms with van der Waals surface area (Å²) in [6.07, 6.45) is 0. The molecule has 0 bridgehead atoms. The third-order valence-electron chi connectivity index (χ3n) is 5.13. The zero-order valence-corrected chi connectivity index (χ0v) is 17.6. The third kappa shape index (κ3) is 4.26. The summed E-state index contributed by atoms with van der Waals surface area (Å²) in [7, 11) is -1.65. The van der Waals surface area contributed by atoms with Gasteiger partial charge in [0, 0.05) is 33.2 Å². The minimum Gasteiger partial charge on any atom is -0.322 e. The van der Waals surface area contributed by atoms with E-state index in [0.29, 0.717) is 31.1 Å². The van der Waals surface area contributed by atoms with Gasteiger partial charge in [-0.25, -0.2) is 8.42 Å². The fourth-order valence-electron chi connectivity index (χ4n) is 3.32. The van der Waals surface area contributed by atoms with Gasteiger partial charge in [-0.15, -0.1) is 0 Å². The van der Waals surface area contributed by atoms with E-state index in [4.69, 9.17) is 0 Å².